The molecular weight excluding hydrogens is 483 g/mol. The van der Waals surface area contributed by atoms with E-state index in [-0.39, 0.29) is 50.1 Å². The van der Waals surface area contributed by atoms with E-state index in [0.717, 1.165) is 12.2 Å². The molecule has 34 heavy (non-hydrogen) atoms. The second-order valence-corrected chi connectivity index (χ2v) is 12.6. The van der Waals surface area contributed by atoms with Gasteiger partial charge in [0.2, 0.25) is 11.8 Å². The number of aliphatic hydroxyl groups excluding tert-OH is 1. The van der Waals surface area contributed by atoms with Crippen LogP contribution in [0.25, 0.3) is 0 Å². The van der Waals surface area contributed by atoms with Crippen molar-refractivity contribution in [2.75, 3.05) is 32.1 Å². The molecule has 2 aliphatic heterocycles. The molecule has 0 radical (unpaired) electrons. The Bertz CT molecular complexity index is 725. The van der Waals surface area contributed by atoms with Crippen molar-refractivity contribution in [3.05, 3.63) is 0 Å². The lowest BCUT2D eigenvalue weighted by Gasteiger charge is -2.25. The SMILES string of the molecule is CC(=O)N1C[C@H](O)C[C@H]1COP(=O)(O)O[C@@H]1C[C@@H](COC(C)C)N(C(=O)CCCSC(C)C)C1. The largest absolute Gasteiger partial charge is 0.472 e. The van der Waals surface area contributed by atoms with Gasteiger partial charge in [0.05, 0.1) is 43.6 Å². The molecule has 5 atom stereocenters. The number of rotatable bonds is 13. The van der Waals surface area contributed by atoms with E-state index in [1.165, 1.54) is 11.8 Å². The minimum absolute atomic E-state index is 0.00220. The van der Waals surface area contributed by atoms with Crippen molar-refractivity contribution >= 4 is 31.4 Å². The maximum atomic E-state index is 12.9. The van der Waals surface area contributed by atoms with Crippen molar-refractivity contribution in [2.45, 2.75) is 95.9 Å². The van der Waals surface area contributed by atoms with Gasteiger partial charge in [-0.3, -0.25) is 18.6 Å². The number of amides is 2. The van der Waals surface area contributed by atoms with Crippen LogP contribution >= 0.6 is 19.6 Å². The van der Waals surface area contributed by atoms with Crippen molar-refractivity contribution in [3.8, 4) is 0 Å². The Hall–Kier alpha value is -0.680. The predicted molar refractivity (Wildman–Crippen MR) is 130 cm³/mol. The van der Waals surface area contributed by atoms with E-state index in [1.807, 2.05) is 25.6 Å². The van der Waals surface area contributed by atoms with Gasteiger partial charge in [-0.15, -0.1) is 0 Å². The first-order valence-corrected chi connectivity index (χ1v) is 14.6. The highest BCUT2D eigenvalue weighted by atomic mass is 32.2. The van der Waals surface area contributed by atoms with Gasteiger partial charge in [-0.1, -0.05) is 13.8 Å². The fraction of sp³-hybridized carbons (Fsp3) is 0.909. The number of likely N-dealkylation sites (tertiary alicyclic amines) is 2. The van der Waals surface area contributed by atoms with Crippen LogP contribution in [0, 0.1) is 0 Å². The molecule has 0 bridgehead atoms. The van der Waals surface area contributed by atoms with E-state index in [2.05, 4.69) is 13.8 Å². The topological polar surface area (TPSA) is 126 Å². The van der Waals surface area contributed by atoms with Gasteiger partial charge < -0.3 is 24.5 Å². The Kier molecular flexibility index (Phi) is 11.8. The Morgan fingerprint density at radius 2 is 1.76 bits per heavy atom. The van der Waals surface area contributed by atoms with Crippen LogP contribution in [-0.2, 0) is 27.9 Å². The van der Waals surface area contributed by atoms with Gasteiger partial charge in [0.15, 0.2) is 0 Å². The molecule has 0 spiro atoms. The number of carbonyl (C=O) groups is 2. The number of thioether (sulfide) groups is 1. The second-order valence-electron chi connectivity index (χ2n) is 9.55. The van der Waals surface area contributed by atoms with Crippen LogP contribution in [0.2, 0.25) is 0 Å². The Morgan fingerprint density at radius 1 is 1.09 bits per heavy atom. The van der Waals surface area contributed by atoms with Crippen LogP contribution in [0.4, 0.5) is 0 Å². The Balaban J connectivity index is 1.92. The summed E-state index contributed by atoms with van der Waals surface area (Å²) in [6.45, 7) is 9.93. The van der Waals surface area contributed by atoms with Crippen molar-refractivity contribution in [1.82, 2.24) is 9.80 Å². The molecule has 0 aromatic heterocycles. The second kappa shape index (κ2) is 13.6. The van der Waals surface area contributed by atoms with E-state index >= 15 is 0 Å². The summed E-state index contributed by atoms with van der Waals surface area (Å²) < 4.78 is 28.9. The van der Waals surface area contributed by atoms with Crippen molar-refractivity contribution in [1.29, 1.82) is 0 Å². The average Bonchev–Trinajstić information content (AvgIpc) is 3.30. The third-order valence-corrected chi connectivity index (χ3v) is 8.04. The van der Waals surface area contributed by atoms with E-state index in [9.17, 15) is 24.2 Å². The Labute approximate surface area is 207 Å². The normalized spacial score (nSPS) is 27.1. The highest BCUT2D eigenvalue weighted by Gasteiger charge is 2.41. The molecule has 0 aliphatic carbocycles. The lowest BCUT2D eigenvalue weighted by Crippen LogP contribution is -2.39. The fourth-order valence-corrected chi connectivity index (χ4v) is 5.97. The molecule has 12 heteroatoms. The van der Waals surface area contributed by atoms with Gasteiger partial charge in [0.25, 0.3) is 0 Å². The highest BCUT2D eigenvalue weighted by molar-refractivity contribution is 7.99. The summed E-state index contributed by atoms with van der Waals surface area (Å²) >= 11 is 1.81. The lowest BCUT2D eigenvalue weighted by molar-refractivity contribution is -0.133. The van der Waals surface area contributed by atoms with Gasteiger partial charge >= 0.3 is 7.82 Å². The number of hydrogen-bond donors (Lipinski definition) is 2. The van der Waals surface area contributed by atoms with Gasteiger partial charge in [0, 0.05) is 26.4 Å². The zero-order valence-corrected chi connectivity index (χ0v) is 22.6. The molecule has 2 aliphatic rings. The summed E-state index contributed by atoms with van der Waals surface area (Å²) in [6, 6.07) is -0.732. The number of phosphoric ester groups is 1. The number of hydrogen-bond acceptors (Lipinski definition) is 8. The summed E-state index contributed by atoms with van der Waals surface area (Å²) in [6.07, 6.45) is 0.461. The number of nitrogens with zero attached hydrogens (tertiary/aromatic N) is 2. The van der Waals surface area contributed by atoms with E-state index in [1.54, 1.807) is 4.90 Å². The first kappa shape index (κ1) is 29.5. The number of carbonyl (C=O) groups excluding carboxylic acids is 2. The molecule has 2 rings (SSSR count). The van der Waals surface area contributed by atoms with Gasteiger partial charge in [0.1, 0.15) is 0 Å². The lowest BCUT2D eigenvalue weighted by atomic mass is 10.2. The van der Waals surface area contributed by atoms with Crippen LogP contribution in [0.15, 0.2) is 0 Å². The summed E-state index contributed by atoms with van der Waals surface area (Å²) in [5.41, 5.74) is 0. The van der Waals surface area contributed by atoms with Gasteiger partial charge in [-0.25, -0.2) is 4.57 Å². The van der Waals surface area contributed by atoms with Crippen LogP contribution in [-0.4, -0.2) is 99.3 Å². The third kappa shape index (κ3) is 9.76. The van der Waals surface area contributed by atoms with Crippen LogP contribution in [0.3, 0.4) is 0 Å². The van der Waals surface area contributed by atoms with Crippen LogP contribution < -0.4 is 0 Å². The van der Waals surface area contributed by atoms with Crippen molar-refractivity contribution < 1.29 is 37.9 Å². The summed E-state index contributed by atoms with van der Waals surface area (Å²) in [5.74, 6) is 0.652. The monoisotopic (exact) mass is 524 g/mol. The van der Waals surface area contributed by atoms with Crippen LogP contribution in [0.1, 0.15) is 60.3 Å². The molecule has 10 nitrogen and oxygen atoms in total. The average molecular weight is 525 g/mol. The molecular formula is C22H41N2O8PS. The van der Waals surface area contributed by atoms with Crippen molar-refractivity contribution in [2.24, 2.45) is 0 Å². The fourth-order valence-electron chi connectivity index (χ4n) is 4.24. The minimum atomic E-state index is -4.43. The molecule has 2 N–H and O–H groups in total. The number of phosphoric acid groups is 1. The maximum absolute atomic E-state index is 12.9. The molecule has 2 saturated heterocycles. The molecule has 0 aromatic rings. The van der Waals surface area contributed by atoms with E-state index in [0.29, 0.717) is 24.7 Å². The number of aliphatic hydroxyl groups is 1. The first-order chi connectivity index (χ1) is 15.9. The maximum Gasteiger partial charge on any atom is 0.472 e. The van der Waals surface area contributed by atoms with Crippen LogP contribution in [0.5, 0.6) is 0 Å². The van der Waals surface area contributed by atoms with E-state index < -0.39 is 26.1 Å². The minimum Gasteiger partial charge on any atom is -0.391 e. The standard InChI is InChI=1S/C22H41N2O8PS/c1-15(2)30-13-19-10-21(12-24(19)22(27)7-6-8-34-16(3)4)32-33(28,29)31-14-18-9-20(26)11-23(18)17(5)25/h15-16,18-21,26H,6-14H2,1-5H3,(H,28,29)/t18-,19-,20+,21+/m0/s1. The smallest absolute Gasteiger partial charge is 0.391 e. The summed E-state index contributed by atoms with van der Waals surface area (Å²) in [4.78, 5) is 38.0. The number of β-amino-alcohol motifs (C(OH)–C–C–N with tert-alkyl or cyclic N) is 1. The molecule has 198 valence electrons. The van der Waals surface area contributed by atoms with Gasteiger partial charge in [-0.05, 0) is 44.1 Å². The molecule has 2 amide bonds. The van der Waals surface area contributed by atoms with E-state index in [4.69, 9.17) is 13.8 Å². The zero-order chi connectivity index (χ0) is 25.5. The molecule has 2 heterocycles. The summed E-state index contributed by atoms with van der Waals surface area (Å²) in [5, 5.41) is 10.3. The third-order valence-electron chi connectivity index (χ3n) is 5.81. The molecule has 0 saturated carbocycles. The molecule has 2 fully saturated rings. The quantitative estimate of drug-likeness (QED) is 0.276. The molecule has 1 unspecified atom stereocenters. The zero-order valence-electron chi connectivity index (χ0n) is 20.9. The van der Waals surface area contributed by atoms with Gasteiger partial charge in [-0.2, -0.15) is 11.8 Å². The first-order valence-electron chi connectivity index (χ1n) is 12.0. The predicted octanol–water partition coefficient (Wildman–Crippen LogP) is 2.42. The van der Waals surface area contributed by atoms with Crippen molar-refractivity contribution in [3.63, 3.8) is 0 Å². The highest BCUT2D eigenvalue weighted by Crippen LogP contribution is 2.47. The summed E-state index contributed by atoms with van der Waals surface area (Å²) in [7, 11) is -4.43. The number of ether oxygens (including phenoxy) is 1. The molecule has 0 aromatic carbocycles. The Morgan fingerprint density at radius 3 is 2.38 bits per heavy atom.